The van der Waals surface area contributed by atoms with E-state index in [4.69, 9.17) is 14.6 Å². The molecule has 1 aromatic rings. The molecule has 0 radical (unpaired) electrons. The lowest BCUT2D eigenvalue weighted by Gasteiger charge is -2.18. The molecule has 1 heterocycles. The van der Waals surface area contributed by atoms with Crippen molar-refractivity contribution in [1.29, 1.82) is 0 Å². The molecule has 1 aliphatic rings. The third kappa shape index (κ3) is 2.72. The topological polar surface area (TPSA) is 38.7 Å². The fraction of sp³-hybridized carbons (Fsp3) is 0.538. The van der Waals surface area contributed by atoms with Gasteiger partial charge in [-0.2, -0.15) is 0 Å². The Kier molecular flexibility index (Phi) is 3.71. The van der Waals surface area contributed by atoms with E-state index in [0.717, 1.165) is 13.3 Å². The molecular formula is C13H16F2O3. The van der Waals surface area contributed by atoms with Crippen LogP contribution in [0.5, 0.6) is 11.5 Å². The minimum Gasteiger partial charge on any atom is -0.490 e. The minimum absolute atomic E-state index is 0.110. The monoisotopic (exact) mass is 258 g/mol. The molecule has 100 valence electrons. The van der Waals surface area contributed by atoms with Gasteiger partial charge in [-0.15, -0.1) is 0 Å². The van der Waals surface area contributed by atoms with Gasteiger partial charge in [0.05, 0.1) is 13.2 Å². The van der Waals surface area contributed by atoms with Gasteiger partial charge >= 0.3 is 0 Å². The van der Waals surface area contributed by atoms with Crippen molar-refractivity contribution in [2.45, 2.75) is 25.7 Å². The normalized spacial score (nSPS) is 15.3. The summed E-state index contributed by atoms with van der Waals surface area (Å²) in [6, 6.07) is 2.87. The van der Waals surface area contributed by atoms with Crippen molar-refractivity contribution < 1.29 is 23.4 Å². The number of rotatable bonds is 3. The summed E-state index contributed by atoms with van der Waals surface area (Å²) in [5.74, 6) is -2.13. The summed E-state index contributed by atoms with van der Waals surface area (Å²) >= 11 is 0. The molecule has 0 fully saturated rings. The third-order valence-corrected chi connectivity index (χ3v) is 2.83. The molecule has 0 unspecified atom stereocenters. The van der Waals surface area contributed by atoms with Crippen molar-refractivity contribution in [3.8, 4) is 11.5 Å². The van der Waals surface area contributed by atoms with Crippen molar-refractivity contribution in [3.63, 3.8) is 0 Å². The first-order valence-electron chi connectivity index (χ1n) is 5.94. The largest absolute Gasteiger partial charge is 0.490 e. The van der Waals surface area contributed by atoms with Crippen LogP contribution in [0.3, 0.4) is 0 Å². The number of fused-ring (bicyclic) bond motifs is 1. The maximum absolute atomic E-state index is 13.5. The van der Waals surface area contributed by atoms with Gasteiger partial charge in [-0.1, -0.05) is 0 Å². The minimum atomic E-state index is -2.96. The van der Waals surface area contributed by atoms with Gasteiger partial charge in [0.15, 0.2) is 11.5 Å². The van der Waals surface area contributed by atoms with Crippen molar-refractivity contribution >= 4 is 0 Å². The number of aliphatic hydroxyl groups excluding tert-OH is 1. The third-order valence-electron chi connectivity index (χ3n) is 2.83. The average Bonchev–Trinajstić information content (AvgIpc) is 2.51. The molecular weight excluding hydrogens is 242 g/mol. The van der Waals surface area contributed by atoms with Crippen LogP contribution in [0.4, 0.5) is 8.78 Å². The van der Waals surface area contributed by atoms with Gasteiger partial charge in [0, 0.05) is 25.5 Å². The maximum atomic E-state index is 13.5. The van der Waals surface area contributed by atoms with Gasteiger partial charge < -0.3 is 14.6 Å². The maximum Gasteiger partial charge on any atom is 0.270 e. The molecule has 0 saturated heterocycles. The zero-order valence-corrected chi connectivity index (χ0v) is 10.2. The van der Waals surface area contributed by atoms with Crippen molar-refractivity contribution in [1.82, 2.24) is 0 Å². The van der Waals surface area contributed by atoms with Crippen LogP contribution >= 0.6 is 0 Å². The summed E-state index contributed by atoms with van der Waals surface area (Å²) < 4.78 is 37.9. The molecule has 5 heteroatoms. The van der Waals surface area contributed by atoms with E-state index in [1.54, 1.807) is 6.07 Å². The predicted octanol–water partition coefficient (Wildman–Crippen LogP) is 2.49. The predicted molar refractivity (Wildman–Crippen MR) is 62.4 cm³/mol. The van der Waals surface area contributed by atoms with Gasteiger partial charge in [-0.05, 0) is 24.1 Å². The second-order valence-corrected chi connectivity index (χ2v) is 4.37. The summed E-state index contributed by atoms with van der Waals surface area (Å²) in [5, 5.41) is 8.95. The first kappa shape index (κ1) is 13.1. The Morgan fingerprint density at radius 1 is 1.22 bits per heavy atom. The van der Waals surface area contributed by atoms with E-state index in [9.17, 15) is 8.78 Å². The number of hydrogen-bond acceptors (Lipinski definition) is 3. The Bertz CT molecular complexity index is 427. The van der Waals surface area contributed by atoms with Crippen molar-refractivity contribution in [3.05, 3.63) is 23.3 Å². The molecule has 0 aromatic heterocycles. The molecule has 0 saturated carbocycles. The quantitative estimate of drug-likeness (QED) is 0.905. The molecule has 0 bridgehead atoms. The number of ether oxygens (including phenoxy) is 2. The molecule has 0 spiro atoms. The number of hydrogen-bond donors (Lipinski definition) is 1. The lowest BCUT2D eigenvalue weighted by molar-refractivity contribution is 0.0161. The highest BCUT2D eigenvalue weighted by atomic mass is 19.3. The van der Waals surface area contributed by atoms with Crippen LogP contribution in [-0.2, 0) is 12.3 Å². The van der Waals surface area contributed by atoms with Crippen LogP contribution in [0.2, 0.25) is 0 Å². The molecule has 0 amide bonds. The lowest BCUT2D eigenvalue weighted by Crippen LogP contribution is -2.12. The van der Waals surface area contributed by atoms with E-state index in [2.05, 4.69) is 0 Å². The molecule has 2 rings (SSSR count). The highest BCUT2D eigenvalue weighted by Gasteiger charge is 2.29. The van der Waals surface area contributed by atoms with E-state index in [1.807, 2.05) is 0 Å². The Morgan fingerprint density at radius 2 is 1.83 bits per heavy atom. The van der Waals surface area contributed by atoms with Crippen molar-refractivity contribution in [2.75, 3.05) is 19.8 Å². The van der Waals surface area contributed by atoms with E-state index < -0.39 is 5.92 Å². The molecule has 1 aliphatic heterocycles. The Labute approximate surface area is 104 Å². The summed E-state index contributed by atoms with van der Waals surface area (Å²) in [5.41, 5.74) is 0.287. The second kappa shape index (κ2) is 5.10. The average molecular weight is 258 g/mol. The molecule has 1 N–H and O–H groups in total. The highest BCUT2D eigenvalue weighted by Crippen LogP contribution is 2.39. The van der Waals surface area contributed by atoms with Gasteiger partial charge in [0.2, 0.25) is 0 Å². The zero-order valence-electron chi connectivity index (χ0n) is 10.2. The fourth-order valence-corrected chi connectivity index (χ4v) is 1.99. The molecule has 3 nitrogen and oxygen atoms in total. The smallest absolute Gasteiger partial charge is 0.270 e. The Balaban J connectivity index is 2.47. The van der Waals surface area contributed by atoms with E-state index in [1.165, 1.54) is 6.07 Å². The SMILES string of the molecule is CC(F)(F)c1cc2c(cc1CCO)OCCCO2. The van der Waals surface area contributed by atoms with Gasteiger partial charge in [-0.3, -0.25) is 0 Å². The first-order valence-corrected chi connectivity index (χ1v) is 5.94. The number of alkyl halides is 2. The van der Waals surface area contributed by atoms with Crippen LogP contribution in [0.15, 0.2) is 12.1 Å². The number of aliphatic hydroxyl groups is 1. The molecule has 1 aromatic carbocycles. The Morgan fingerprint density at radius 3 is 2.39 bits per heavy atom. The molecule has 18 heavy (non-hydrogen) atoms. The Hall–Kier alpha value is -1.36. The van der Waals surface area contributed by atoms with E-state index >= 15 is 0 Å². The fourth-order valence-electron chi connectivity index (χ4n) is 1.99. The van der Waals surface area contributed by atoms with Gasteiger partial charge in [-0.25, -0.2) is 8.78 Å². The van der Waals surface area contributed by atoms with Crippen LogP contribution in [0, 0.1) is 0 Å². The second-order valence-electron chi connectivity index (χ2n) is 4.37. The summed E-state index contributed by atoms with van der Waals surface area (Å²) in [6.07, 6.45) is 0.900. The summed E-state index contributed by atoms with van der Waals surface area (Å²) in [7, 11) is 0. The zero-order chi connectivity index (χ0) is 13.2. The van der Waals surface area contributed by atoms with Crippen LogP contribution in [0.1, 0.15) is 24.5 Å². The van der Waals surface area contributed by atoms with Crippen LogP contribution in [-0.4, -0.2) is 24.9 Å². The molecule has 0 aliphatic carbocycles. The van der Waals surface area contributed by atoms with Crippen LogP contribution < -0.4 is 9.47 Å². The van der Waals surface area contributed by atoms with E-state index in [-0.39, 0.29) is 18.6 Å². The highest BCUT2D eigenvalue weighted by molar-refractivity contribution is 5.49. The van der Waals surface area contributed by atoms with Crippen molar-refractivity contribution in [2.24, 2.45) is 0 Å². The van der Waals surface area contributed by atoms with E-state index in [0.29, 0.717) is 30.3 Å². The van der Waals surface area contributed by atoms with Gasteiger partial charge in [0.25, 0.3) is 5.92 Å². The molecule has 0 atom stereocenters. The first-order chi connectivity index (χ1) is 8.52. The lowest BCUT2D eigenvalue weighted by atomic mass is 9.99. The standard InChI is InChI=1S/C13H16F2O3/c1-13(14,15)10-8-12-11(7-9(10)3-4-16)17-5-2-6-18-12/h7-8,16H,2-6H2,1H3. The van der Waals surface area contributed by atoms with Gasteiger partial charge in [0.1, 0.15) is 0 Å². The number of benzene rings is 1. The summed E-state index contributed by atoms with van der Waals surface area (Å²) in [6.45, 7) is 1.63. The number of halogens is 2. The van der Waals surface area contributed by atoms with Crippen LogP contribution in [0.25, 0.3) is 0 Å². The summed E-state index contributed by atoms with van der Waals surface area (Å²) in [4.78, 5) is 0.